The van der Waals surface area contributed by atoms with E-state index in [1.165, 1.54) is 0 Å². The predicted molar refractivity (Wildman–Crippen MR) is 56.1 cm³/mol. The Morgan fingerprint density at radius 1 is 1.47 bits per heavy atom. The quantitative estimate of drug-likeness (QED) is 0.531. The Labute approximate surface area is 90.4 Å². The highest BCUT2D eigenvalue weighted by atomic mass is 16.5. The van der Waals surface area contributed by atoms with Crippen molar-refractivity contribution in [3.8, 4) is 0 Å². The number of carbonyl (C=O) groups is 2. The molecule has 1 N–H and O–H groups in total. The first-order valence-corrected chi connectivity index (χ1v) is 5.58. The van der Waals surface area contributed by atoms with Gasteiger partial charge in [0.15, 0.2) is 0 Å². The number of rotatable bonds is 6. The molecule has 1 amide bonds. The van der Waals surface area contributed by atoms with E-state index in [0.29, 0.717) is 12.5 Å². The van der Waals surface area contributed by atoms with Gasteiger partial charge in [0.2, 0.25) is 5.91 Å². The highest BCUT2D eigenvalue weighted by molar-refractivity contribution is 5.85. The average molecular weight is 213 g/mol. The number of hydrogen-bond acceptors (Lipinski definition) is 3. The van der Waals surface area contributed by atoms with Crippen LogP contribution in [0.15, 0.2) is 0 Å². The molecule has 86 valence electrons. The van der Waals surface area contributed by atoms with Gasteiger partial charge in [0.1, 0.15) is 6.54 Å². The second-order valence-electron chi connectivity index (χ2n) is 4.11. The first-order chi connectivity index (χ1) is 7.15. The third-order valence-electron chi connectivity index (χ3n) is 2.61. The van der Waals surface area contributed by atoms with E-state index in [9.17, 15) is 9.59 Å². The molecule has 1 saturated carbocycles. The molecule has 0 unspecified atom stereocenters. The van der Waals surface area contributed by atoms with Gasteiger partial charge in [-0.3, -0.25) is 9.59 Å². The summed E-state index contributed by atoms with van der Waals surface area (Å²) in [6.07, 6.45) is 2.81. The lowest BCUT2D eigenvalue weighted by Gasteiger charge is -2.05. The number of ether oxygens (including phenoxy) is 1. The van der Waals surface area contributed by atoms with E-state index < -0.39 is 0 Å². The van der Waals surface area contributed by atoms with Crippen LogP contribution < -0.4 is 5.32 Å². The summed E-state index contributed by atoms with van der Waals surface area (Å²) in [5.74, 6) is 0.231. The van der Waals surface area contributed by atoms with Crippen molar-refractivity contribution in [1.82, 2.24) is 5.32 Å². The van der Waals surface area contributed by atoms with Gasteiger partial charge < -0.3 is 10.1 Å². The number of unbranched alkanes of at least 4 members (excludes halogenated alkanes) is 1. The highest BCUT2D eigenvalue weighted by Crippen LogP contribution is 2.37. The van der Waals surface area contributed by atoms with Crippen molar-refractivity contribution in [1.29, 1.82) is 0 Å². The van der Waals surface area contributed by atoms with E-state index in [0.717, 1.165) is 19.3 Å². The van der Waals surface area contributed by atoms with Gasteiger partial charge in [0, 0.05) is 5.92 Å². The number of esters is 1. The Kier molecular flexibility index (Phi) is 4.59. The van der Waals surface area contributed by atoms with E-state index in [4.69, 9.17) is 4.74 Å². The molecule has 0 aliphatic heterocycles. The molecule has 0 bridgehead atoms. The topological polar surface area (TPSA) is 55.4 Å². The summed E-state index contributed by atoms with van der Waals surface area (Å²) in [6.45, 7) is 4.52. The first kappa shape index (κ1) is 12.0. The van der Waals surface area contributed by atoms with Crippen molar-refractivity contribution in [3.05, 3.63) is 0 Å². The molecule has 2 atom stereocenters. The molecule has 4 nitrogen and oxygen atoms in total. The van der Waals surface area contributed by atoms with Crippen molar-refractivity contribution in [2.45, 2.75) is 33.1 Å². The Morgan fingerprint density at radius 2 is 2.13 bits per heavy atom. The Bertz CT molecular complexity index is 240. The number of nitrogens with one attached hydrogen (secondary N) is 1. The summed E-state index contributed by atoms with van der Waals surface area (Å²) in [5, 5.41) is 2.59. The molecule has 1 aliphatic carbocycles. The van der Waals surface area contributed by atoms with Crippen molar-refractivity contribution < 1.29 is 14.3 Å². The van der Waals surface area contributed by atoms with Crippen LogP contribution in [0.5, 0.6) is 0 Å². The van der Waals surface area contributed by atoms with E-state index in [2.05, 4.69) is 5.32 Å². The zero-order chi connectivity index (χ0) is 11.3. The molecule has 0 aromatic rings. The van der Waals surface area contributed by atoms with Crippen LogP contribution in [0, 0.1) is 11.8 Å². The van der Waals surface area contributed by atoms with Crippen LogP contribution in [0.3, 0.4) is 0 Å². The van der Waals surface area contributed by atoms with Crippen molar-refractivity contribution >= 4 is 11.9 Å². The van der Waals surface area contributed by atoms with Crippen molar-refractivity contribution in [3.63, 3.8) is 0 Å². The summed E-state index contributed by atoms with van der Waals surface area (Å²) in [7, 11) is 0. The lowest BCUT2D eigenvalue weighted by molar-refractivity contribution is -0.144. The normalized spacial score (nSPS) is 23.3. The molecule has 4 heteroatoms. The van der Waals surface area contributed by atoms with Crippen LogP contribution in [0.2, 0.25) is 0 Å². The Balaban J connectivity index is 2.03. The summed E-state index contributed by atoms with van der Waals surface area (Å²) in [5.41, 5.74) is 0. The smallest absolute Gasteiger partial charge is 0.325 e. The molecule has 1 aliphatic rings. The van der Waals surface area contributed by atoms with Crippen LogP contribution in [-0.4, -0.2) is 25.0 Å². The summed E-state index contributed by atoms with van der Waals surface area (Å²) >= 11 is 0. The summed E-state index contributed by atoms with van der Waals surface area (Å²) in [6, 6.07) is 0. The number of carbonyl (C=O) groups excluding carboxylic acids is 2. The van der Waals surface area contributed by atoms with Crippen LogP contribution >= 0.6 is 0 Å². The molecular formula is C11H19NO3. The van der Waals surface area contributed by atoms with Gasteiger partial charge in [-0.05, 0) is 18.8 Å². The Morgan fingerprint density at radius 3 is 2.67 bits per heavy atom. The predicted octanol–water partition coefficient (Wildman–Crippen LogP) is 1.10. The van der Waals surface area contributed by atoms with Crippen LogP contribution in [0.4, 0.5) is 0 Å². The first-order valence-electron chi connectivity index (χ1n) is 5.58. The van der Waals surface area contributed by atoms with Gasteiger partial charge in [-0.25, -0.2) is 0 Å². The largest absolute Gasteiger partial charge is 0.464 e. The van der Waals surface area contributed by atoms with Crippen molar-refractivity contribution in [2.24, 2.45) is 11.8 Å². The minimum Gasteiger partial charge on any atom is -0.464 e. The third kappa shape index (κ3) is 4.32. The van der Waals surface area contributed by atoms with E-state index in [-0.39, 0.29) is 24.3 Å². The van der Waals surface area contributed by atoms with Gasteiger partial charge in [-0.1, -0.05) is 20.3 Å². The monoisotopic (exact) mass is 213 g/mol. The van der Waals surface area contributed by atoms with Gasteiger partial charge >= 0.3 is 5.97 Å². The molecule has 1 fully saturated rings. The lowest BCUT2D eigenvalue weighted by atomic mass is 10.3. The highest BCUT2D eigenvalue weighted by Gasteiger charge is 2.38. The Hall–Kier alpha value is -1.06. The maximum Gasteiger partial charge on any atom is 0.325 e. The fourth-order valence-electron chi connectivity index (χ4n) is 1.36. The summed E-state index contributed by atoms with van der Waals surface area (Å²) < 4.78 is 4.91. The van der Waals surface area contributed by atoms with E-state index >= 15 is 0 Å². The fourth-order valence-corrected chi connectivity index (χ4v) is 1.36. The third-order valence-corrected chi connectivity index (χ3v) is 2.61. The minimum absolute atomic E-state index is 0.00572. The molecule has 15 heavy (non-hydrogen) atoms. The number of hydrogen-bond donors (Lipinski definition) is 1. The van der Waals surface area contributed by atoms with Crippen LogP contribution in [0.25, 0.3) is 0 Å². The maximum atomic E-state index is 11.3. The minimum atomic E-state index is -0.342. The second kappa shape index (κ2) is 5.73. The SMILES string of the molecule is CCCCOC(=O)CNC(=O)[C@@H]1C[C@H]1C. The molecule has 0 radical (unpaired) electrons. The fraction of sp³-hybridized carbons (Fsp3) is 0.818. The molecule has 0 aromatic carbocycles. The maximum absolute atomic E-state index is 11.3. The standard InChI is InChI=1S/C11H19NO3/c1-3-4-5-15-10(13)7-12-11(14)9-6-8(9)2/h8-9H,3-7H2,1-2H3,(H,12,14)/t8-,9-/m1/s1. The average Bonchev–Trinajstić information content (AvgIpc) is 2.92. The van der Waals surface area contributed by atoms with Gasteiger partial charge in [-0.15, -0.1) is 0 Å². The zero-order valence-electron chi connectivity index (χ0n) is 9.41. The van der Waals surface area contributed by atoms with Crippen LogP contribution in [0.1, 0.15) is 33.1 Å². The van der Waals surface area contributed by atoms with Gasteiger partial charge in [-0.2, -0.15) is 0 Å². The second-order valence-corrected chi connectivity index (χ2v) is 4.11. The number of amides is 1. The van der Waals surface area contributed by atoms with Gasteiger partial charge in [0.25, 0.3) is 0 Å². The zero-order valence-corrected chi connectivity index (χ0v) is 9.41. The lowest BCUT2D eigenvalue weighted by Crippen LogP contribution is -2.32. The van der Waals surface area contributed by atoms with E-state index in [1.807, 2.05) is 13.8 Å². The molecule has 0 spiro atoms. The molecule has 1 rings (SSSR count). The molecule has 0 aromatic heterocycles. The summed E-state index contributed by atoms with van der Waals surface area (Å²) in [4.78, 5) is 22.4. The van der Waals surface area contributed by atoms with Crippen LogP contribution in [-0.2, 0) is 14.3 Å². The molecular weight excluding hydrogens is 194 g/mol. The molecule has 0 heterocycles. The van der Waals surface area contributed by atoms with Crippen molar-refractivity contribution in [2.75, 3.05) is 13.2 Å². The van der Waals surface area contributed by atoms with E-state index in [1.54, 1.807) is 0 Å². The van der Waals surface area contributed by atoms with Gasteiger partial charge in [0.05, 0.1) is 6.61 Å². The molecule has 0 saturated heterocycles.